The Morgan fingerprint density at radius 1 is 0.706 bits per heavy atom. The molecule has 7 heteroatoms. The Labute approximate surface area is 318 Å². The van der Waals surface area contributed by atoms with Crippen LogP contribution < -0.4 is 5.19 Å². The zero-order valence-corrected chi connectivity index (χ0v) is 31.6. The third kappa shape index (κ3) is 8.46. The maximum absolute atomic E-state index is 13.5. The molecule has 1 radical (unpaired) electrons. The molecule has 0 spiro atoms. The van der Waals surface area contributed by atoms with Gasteiger partial charge in [-0.2, -0.15) is 9.37 Å². The van der Waals surface area contributed by atoms with Crippen molar-refractivity contribution in [3.63, 3.8) is 0 Å². The molecule has 8 rings (SSSR count). The number of hydrogen-bond donors (Lipinski definition) is 0. The number of aromatic nitrogens is 3. The van der Waals surface area contributed by atoms with E-state index in [0.29, 0.717) is 38.9 Å². The van der Waals surface area contributed by atoms with Gasteiger partial charge in [0.1, 0.15) is 0 Å². The summed E-state index contributed by atoms with van der Waals surface area (Å²) in [6.45, 7) is 6.68. The number of halogens is 1. The fourth-order valence-electron chi connectivity index (χ4n) is 5.66. The average Bonchev–Trinajstić information content (AvgIpc) is 3.56. The largest absolute Gasteiger partial charge is 0.486 e. The van der Waals surface area contributed by atoms with E-state index >= 15 is 0 Å². The molecular weight excluding hydrogens is 826 g/mol. The van der Waals surface area contributed by atoms with E-state index in [9.17, 15) is 4.39 Å². The van der Waals surface area contributed by atoms with Crippen LogP contribution in [0.1, 0.15) is 27.7 Å². The molecule has 8 aromatic rings. The van der Waals surface area contributed by atoms with Crippen molar-refractivity contribution in [3.8, 4) is 22.5 Å². The second-order valence-electron chi connectivity index (χ2n) is 12.7. The third-order valence-corrected chi connectivity index (χ3v) is 10.1. The second kappa shape index (κ2) is 15.9. The molecule has 0 aliphatic heterocycles. The van der Waals surface area contributed by atoms with Crippen LogP contribution in [-0.4, -0.2) is 23.0 Å². The van der Waals surface area contributed by atoms with Crippen LogP contribution in [0.3, 0.4) is 0 Å². The number of fused-ring (bicyclic) bond motifs is 3. The Balaban J connectivity index is 0.000000186. The predicted molar refractivity (Wildman–Crippen MR) is 204 cm³/mol. The SMILES string of the molecule is [2H]C([2H])(c1ccccc1)c1cc(-c2[c-]cccc2)ncc1[Si](C)(C)C.[2H]C([2H])(c1ccccc1)c1ccnc(-c2[c-]ccc3c2oc2nc(F)ccc23)c1.[Ir]. The molecule has 4 nitrogen and oxygen atoms in total. The summed E-state index contributed by atoms with van der Waals surface area (Å²) in [5, 5.41) is 2.54. The Bertz CT molecular complexity index is 2570. The summed E-state index contributed by atoms with van der Waals surface area (Å²) in [5.41, 5.74) is 5.86. The predicted octanol–water partition coefficient (Wildman–Crippen LogP) is 10.3. The summed E-state index contributed by atoms with van der Waals surface area (Å²) in [4.78, 5) is 12.8. The number of hydrogen-bond acceptors (Lipinski definition) is 4. The first-order valence-electron chi connectivity index (χ1n) is 18.3. The fourth-order valence-corrected chi connectivity index (χ4v) is 7.05. The minimum atomic E-state index is -1.76. The number of nitrogens with zero attached hydrogens (tertiary/aromatic N) is 3. The minimum absolute atomic E-state index is 0. The first kappa shape index (κ1) is 30.7. The summed E-state index contributed by atoms with van der Waals surface area (Å²) in [6.07, 6.45) is 0.186. The topological polar surface area (TPSA) is 51.8 Å². The molecule has 0 N–H and O–H groups in total. The van der Waals surface area contributed by atoms with Crippen molar-refractivity contribution in [1.82, 2.24) is 15.0 Å². The summed E-state index contributed by atoms with van der Waals surface area (Å²) in [7, 11) is -1.76. The molecule has 0 amide bonds. The van der Waals surface area contributed by atoms with Crippen LogP contribution in [-0.2, 0) is 32.9 Å². The molecule has 0 bridgehead atoms. The molecule has 255 valence electrons. The van der Waals surface area contributed by atoms with Gasteiger partial charge in [-0.1, -0.05) is 109 Å². The van der Waals surface area contributed by atoms with Crippen LogP contribution in [0.25, 0.3) is 44.6 Å². The summed E-state index contributed by atoms with van der Waals surface area (Å²) >= 11 is 0. The van der Waals surface area contributed by atoms with Gasteiger partial charge in [0.15, 0.2) is 0 Å². The van der Waals surface area contributed by atoms with Crippen molar-refractivity contribution < 1.29 is 34.4 Å². The molecule has 0 fully saturated rings. The van der Waals surface area contributed by atoms with Gasteiger partial charge in [-0.25, -0.2) is 0 Å². The van der Waals surface area contributed by atoms with E-state index in [4.69, 9.17) is 9.90 Å². The van der Waals surface area contributed by atoms with E-state index in [1.807, 2.05) is 91.1 Å². The Kier molecular flexibility index (Phi) is 9.56. The molecular formula is C44H36FIrN3OSi-2. The van der Waals surface area contributed by atoms with E-state index < -0.39 is 26.8 Å². The maximum atomic E-state index is 13.5. The van der Waals surface area contributed by atoms with Gasteiger partial charge in [0, 0.05) is 43.4 Å². The molecule has 0 aliphatic carbocycles. The van der Waals surface area contributed by atoms with Gasteiger partial charge in [-0.15, -0.1) is 54.1 Å². The number of rotatable bonds is 7. The molecule has 4 heterocycles. The van der Waals surface area contributed by atoms with Crippen LogP contribution in [0.2, 0.25) is 19.6 Å². The van der Waals surface area contributed by atoms with Crippen LogP contribution >= 0.6 is 0 Å². The van der Waals surface area contributed by atoms with Gasteiger partial charge in [0.25, 0.3) is 0 Å². The second-order valence-corrected chi connectivity index (χ2v) is 17.8. The first-order valence-corrected chi connectivity index (χ1v) is 19.8. The quantitative estimate of drug-likeness (QED) is 0.0910. The van der Waals surface area contributed by atoms with Gasteiger partial charge in [-0.05, 0) is 64.2 Å². The number of benzene rings is 4. The van der Waals surface area contributed by atoms with E-state index in [2.05, 4.69) is 46.7 Å². The summed E-state index contributed by atoms with van der Waals surface area (Å²) in [5.74, 6) is -0.613. The van der Waals surface area contributed by atoms with Gasteiger partial charge < -0.3 is 14.4 Å². The molecule has 0 unspecified atom stereocenters. The molecule has 4 aromatic carbocycles. The Hall–Kier alpha value is -5.07. The minimum Gasteiger partial charge on any atom is -0.486 e. The Morgan fingerprint density at radius 2 is 1.43 bits per heavy atom. The normalized spacial score (nSPS) is 12.9. The fraction of sp³-hybridized carbons (Fsp3) is 0.114. The van der Waals surface area contributed by atoms with Crippen molar-refractivity contribution in [2.45, 2.75) is 32.4 Å². The summed E-state index contributed by atoms with van der Waals surface area (Å²) in [6, 6.07) is 44.1. The van der Waals surface area contributed by atoms with Crippen molar-refractivity contribution in [1.29, 1.82) is 0 Å². The molecule has 4 aromatic heterocycles. The maximum Gasteiger partial charge on any atom is 0.218 e. The molecule has 0 saturated carbocycles. The van der Waals surface area contributed by atoms with Gasteiger partial charge in [0.2, 0.25) is 11.7 Å². The Morgan fingerprint density at radius 3 is 2.14 bits per heavy atom. The van der Waals surface area contributed by atoms with Crippen molar-refractivity contribution >= 4 is 35.3 Å². The number of pyridine rings is 3. The van der Waals surface area contributed by atoms with Gasteiger partial charge >= 0.3 is 0 Å². The average molecular weight is 866 g/mol. The van der Waals surface area contributed by atoms with Crippen LogP contribution in [0.15, 0.2) is 144 Å². The first-order chi connectivity index (χ1) is 25.8. The van der Waals surface area contributed by atoms with E-state index in [0.717, 1.165) is 27.4 Å². The molecule has 0 aliphatic rings. The summed E-state index contributed by atoms with van der Waals surface area (Å²) < 4.78 is 54.2. The van der Waals surface area contributed by atoms with Crippen molar-refractivity contribution in [2.75, 3.05) is 0 Å². The van der Waals surface area contributed by atoms with Gasteiger partial charge in [0.05, 0.1) is 13.7 Å². The molecule has 0 atom stereocenters. The van der Waals surface area contributed by atoms with Crippen LogP contribution in [0.5, 0.6) is 0 Å². The van der Waals surface area contributed by atoms with Crippen LogP contribution in [0, 0.1) is 18.1 Å². The van der Waals surface area contributed by atoms with E-state index in [1.165, 1.54) is 6.07 Å². The standard InChI is InChI=1S/C23H14FN2O.C21H22NSi.Ir/c24-21-10-9-18-17-7-4-8-19(22(17)27-23(18)26-21)20-14-16(11-12-25-20)13-15-5-2-1-3-6-15;1-23(2,3)21-16-22-20(18-12-8-5-9-13-18)15-19(21)14-17-10-6-4-7-11-17;/h1-7,9-12,14H,13H2;4-12,15-16H,14H2,1-3H3;/q2*-1;/i13D2;14D2;. The zero-order chi connectivity index (χ0) is 38.1. The van der Waals surface area contributed by atoms with Crippen molar-refractivity contribution in [3.05, 3.63) is 180 Å². The van der Waals surface area contributed by atoms with Crippen LogP contribution in [0.4, 0.5) is 4.39 Å². The van der Waals surface area contributed by atoms with E-state index in [-0.39, 0.29) is 25.8 Å². The van der Waals surface area contributed by atoms with Gasteiger partial charge in [-0.3, -0.25) is 0 Å². The number of furan rings is 1. The van der Waals surface area contributed by atoms with Crippen molar-refractivity contribution in [2.24, 2.45) is 0 Å². The smallest absolute Gasteiger partial charge is 0.218 e. The molecule has 51 heavy (non-hydrogen) atoms. The zero-order valence-electron chi connectivity index (χ0n) is 32.2. The van der Waals surface area contributed by atoms with E-state index in [1.54, 1.807) is 42.6 Å². The molecule has 0 saturated heterocycles. The monoisotopic (exact) mass is 866 g/mol. The third-order valence-electron chi connectivity index (χ3n) is 8.09.